The van der Waals surface area contributed by atoms with Gasteiger partial charge in [-0.25, -0.2) is 0 Å². The number of hydrogen-bond acceptors (Lipinski definition) is 4. The van der Waals surface area contributed by atoms with Crippen LogP contribution in [-0.2, 0) is 4.79 Å². The molecule has 146 valence electrons. The molecule has 2 aliphatic rings. The first-order valence-electron chi connectivity index (χ1n) is 8.99. The number of hydrogen-bond donors (Lipinski definition) is 1. The summed E-state index contributed by atoms with van der Waals surface area (Å²) in [5.74, 6) is 0.694. The molecular weight excluding hydrogens is 403 g/mol. The van der Waals surface area contributed by atoms with Crippen molar-refractivity contribution in [3.63, 3.8) is 0 Å². The minimum absolute atomic E-state index is 0.249. The molecule has 0 bridgehead atoms. The Labute approximate surface area is 172 Å². The van der Waals surface area contributed by atoms with Crippen molar-refractivity contribution in [1.29, 1.82) is 0 Å². The van der Waals surface area contributed by atoms with E-state index in [1.165, 1.54) is 6.07 Å². The highest BCUT2D eigenvalue weighted by atomic mass is 35.5. The largest absolute Gasteiger partial charge is 0.486 e. The number of fused-ring (bicyclic) bond motifs is 1. The van der Waals surface area contributed by atoms with Crippen LogP contribution in [0.2, 0.25) is 10.0 Å². The summed E-state index contributed by atoms with van der Waals surface area (Å²) in [6.45, 7) is 1.46. The SMILES string of the molecule is O=C(Nc1ccc2c(c1)OCCO2)[C@H]1CCCN1C(=O)c1cc(Cl)ccc1Cl. The normalized spacial score (nSPS) is 18.1. The van der Waals surface area contributed by atoms with Crippen LogP contribution in [0.4, 0.5) is 5.69 Å². The van der Waals surface area contributed by atoms with Gasteiger partial charge in [0.05, 0.1) is 10.6 Å². The van der Waals surface area contributed by atoms with E-state index in [9.17, 15) is 9.59 Å². The summed E-state index contributed by atoms with van der Waals surface area (Å²) < 4.78 is 11.0. The molecular formula is C20H18Cl2N2O4. The van der Waals surface area contributed by atoms with E-state index in [-0.39, 0.29) is 11.8 Å². The molecule has 0 aromatic heterocycles. The van der Waals surface area contributed by atoms with Crippen molar-refractivity contribution in [3.05, 3.63) is 52.0 Å². The second-order valence-electron chi connectivity index (χ2n) is 6.63. The number of nitrogens with one attached hydrogen (secondary N) is 1. The van der Waals surface area contributed by atoms with Crippen LogP contribution in [0.3, 0.4) is 0 Å². The molecule has 1 saturated heterocycles. The number of benzene rings is 2. The Kier molecular flexibility index (Phi) is 5.33. The van der Waals surface area contributed by atoms with Gasteiger partial charge < -0.3 is 19.7 Å². The van der Waals surface area contributed by atoms with Crippen LogP contribution in [0.5, 0.6) is 11.5 Å². The number of ether oxygens (including phenoxy) is 2. The molecule has 1 fully saturated rings. The molecule has 6 nitrogen and oxygen atoms in total. The van der Waals surface area contributed by atoms with Gasteiger partial charge in [-0.15, -0.1) is 0 Å². The Hall–Kier alpha value is -2.44. The Morgan fingerprint density at radius 3 is 2.64 bits per heavy atom. The summed E-state index contributed by atoms with van der Waals surface area (Å²) in [6.07, 6.45) is 1.32. The molecule has 4 rings (SSSR count). The zero-order valence-electron chi connectivity index (χ0n) is 14.9. The van der Waals surface area contributed by atoms with Gasteiger partial charge in [0.25, 0.3) is 5.91 Å². The average Bonchev–Trinajstić information content (AvgIpc) is 3.19. The number of carbonyl (C=O) groups excluding carboxylic acids is 2. The molecule has 0 radical (unpaired) electrons. The second-order valence-corrected chi connectivity index (χ2v) is 7.47. The molecule has 2 amide bonds. The van der Waals surface area contributed by atoms with Crippen LogP contribution in [-0.4, -0.2) is 42.5 Å². The molecule has 0 unspecified atom stereocenters. The number of halogens is 2. The van der Waals surface area contributed by atoms with E-state index in [0.717, 1.165) is 6.42 Å². The lowest BCUT2D eigenvalue weighted by Crippen LogP contribution is -2.43. The molecule has 1 atom stereocenters. The molecule has 0 saturated carbocycles. The van der Waals surface area contributed by atoms with Gasteiger partial charge in [0.1, 0.15) is 19.3 Å². The fraction of sp³-hybridized carbons (Fsp3) is 0.300. The molecule has 1 N–H and O–H groups in total. The Morgan fingerprint density at radius 2 is 1.82 bits per heavy atom. The zero-order valence-corrected chi connectivity index (χ0v) is 16.4. The van der Waals surface area contributed by atoms with E-state index in [2.05, 4.69) is 5.32 Å². The van der Waals surface area contributed by atoms with Crippen LogP contribution < -0.4 is 14.8 Å². The van der Waals surface area contributed by atoms with Crippen LogP contribution in [0.15, 0.2) is 36.4 Å². The molecule has 2 aliphatic heterocycles. The number of carbonyl (C=O) groups is 2. The zero-order chi connectivity index (χ0) is 19.7. The second kappa shape index (κ2) is 7.89. The van der Waals surface area contributed by atoms with Gasteiger partial charge in [-0.3, -0.25) is 9.59 Å². The maximum atomic E-state index is 12.9. The quantitative estimate of drug-likeness (QED) is 0.814. The van der Waals surface area contributed by atoms with Gasteiger partial charge in [-0.05, 0) is 43.2 Å². The van der Waals surface area contributed by atoms with E-state index in [4.69, 9.17) is 32.7 Å². The fourth-order valence-electron chi connectivity index (χ4n) is 3.45. The molecule has 2 aromatic rings. The summed E-state index contributed by atoms with van der Waals surface area (Å²) in [5.41, 5.74) is 0.891. The Bertz CT molecular complexity index is 934. The molecule has 28 heavy (non-hydrogen) atoms. The lowest BCUT2D eigenvalue weighted by Gasteiger charge is -2.25. The monoisotopic (exact) mass is 420 g/mol. The third-order valence-corrected chi connectivity index (χ3v) is 5.35. The van der Waals surface area contributed by atoms with Crippen LogP contribution in [0.25, 0.3) is 0 Å². The van der Waals surface area contributed by atoms with Crippen molar-refractivity contribution in [3.8, 4) is 11.5 Å². The first-order chi connectivity index (χ1) is 13.5. The number of anilines is 1. The minimum Gasteiger partial charge on any atom is -0.486 e. The van der Waals surface area contributed by atoms with Crippen LogP contribution >= 0.6 is 23.2 Å². The van der Waals surface area contributed by atoms with Crippen molar-refractivity contribution < 1.29 is 19.1 Å². The third kappa shape index (κ3) is 3.75. The maximum absolute atomic E-state index is 12.9. The highest BCUT2D eigenvalue weighted by Gasteiger charge is 2.35. The third-order valence-electron chi connectivity index (χ3n) is 4.78. The summed E-state index contributed by atoms with van der Waals surface area (Å²) in [4.78, 5) is 27.3. The van der Waals surface area contributed by atoms with Crippen molar-refractivity contribution in [2.45, 2.75) is 18.9 Å². The number of nitrogens with zero attached hydrogens (tertiary/aromatic N) is 1. The van der Waals surface area contributed by atoms with E-state index in [1.54, 1.807) is 35.2 Å². The van der Waals surface area contributed by atoms with Gasteiger partial charge in [-0.2, -0.15) is 0 Å². The van der Waals surface area contributed by atoms with E-state index >= 15 is 0 Å². The van der Waals surface area contributed by atoms with Gasteiger partial charge in [-0.1, -0.05) is 23.2 Å². The average molecular weight is 421 g/mol. The highest BCUT2D eigenvalue weighted by Crippen LogP contribution is 2.33. The van der Waals surface area contributed by atoms with Crippen LogP contribution in [0, 0.1) is 0 Å². The van der Waals surface area contributed by atoms with Crippen molar-refractivity contribution in [1.82, 2.24) is 4.90 Å². The fourth-order valence-corrected chi connectivity index (χ4v) is 3.82. The van der Waals surface area contributed by atoms with E-state index in [1.807, 2.05) is 0 Å². The first-order valence-corrected chi connectivity index (χ1v) is 9.75. The number of likely N-dealkylation sites (tertiary alicyclic amines) is 1. The van der Waals surface area contributed by atoms with Crippen molar-refractivity contribution in [2.75, 3.05) is 25.1 Å². The van der Waals surface area contributed by atoms with Gasteiger partial charge >= 0.3 is 0 Å². The van der Waals surface area contributed by atoms with Gasteiger partial charge in [0, 0.05) is 23.3 Å². The number of rotatable bonds is 3. The van der Waals surface area contributed by atoms with Gasteiger partial charge in [0.15, 0.2) is 11.5 Å². The van der Waals surface area contributed by atoms with Crippen molar-refractivity contribution >= 4 is 40.7 Å². The smallest absolute Gasteiger partial charge is 0.256 e. The summed E-state index contributed by atoms with van der Waals surface area (Å²) in [5, 5.41) is 3.60. The lowest BCUT2D eigenvalue weighted by atomic mass is 10.1. The molecule has 2 heterocycles. The number of amides is 2. The highest BCUT2D eigenvalue weighted by molar-refractivity contribution is 6.35. The van der Waals surface area contributed by atoms with Gasteiger partial charge in [0.2, 0.25) is 5.91 Å². The minimum atomic E-state index is -0.573. The first kappa shape index (κ1) is 18.9. The maximum Gasteiger partial charge on any atom is 0.256 e. The standard InChI is InChI=1S/C20H18Cl2N2O4/c21-12-3-5-15(22)14(10-12)20(26)24-7-1-2-16(24)19(25)23-13-4-6-17-18(11-13)28-9-8-27-17/h3-6,10-11,16H,1-2,7-9H2,(H,23,25)/t16-/m1/s1. The molecule has 2 aromatic carbocycles. The predicted molar refractivity (Wildman–Crippen MR) is 107 cm³/mol. The predicted octanol–water partition coefficient (Wildman–Crippen LogP) is 4.01. The molecule has 0 aliphatic carbocycles. The Morgan fingerprint density at radius 1 is 1.04 bits per heavy atom. The molecule has 8 heteroatoms. The van der Waals surface area contributed by atoms with Crippen LogP contribution in [0.1, 0.15) is 23.2 Å². The lowest BCUT2D eigenvalue weighted by molar-refractivity contribution is -0.119. The summed E-state index contributed by atoms with van der Waals surface area (Å²) in [7, 11) is 0. The molecule has 0 spiro atoms. The summed E-state index contributed by atoms with van der Waals surface area (Å²) >= 11 is 12.2. The van der Waals surface area contributed by atoms with E-state index < -0.39 is 6.04 Å². The summed E-state index contributed by atoms with van der Waals surface area (Å²) in [6, 6.07) is 9.39. The topological polar surface area (TPSA) is 67.9 Å². The van der Waals surface area contributed by atoms with Crippen molar-refractivity contribution in [2.24, 2.45) is 0 Å². The van der Waals surface area contributed by atoms with E-state index in [0.29, 0.717) is 59.0 Å². The Balaban J connectivity index is 1.50.